The summed E-state index contributed by atoms with van der Waals surface area (Å²) in [4.78, 5) is 22.2. The lowest BCUT2D eigenvalue weighted by molar-refractivity contribution is 0.0773. The second kappa shape index (κ2) is 6.55. The highest BCUT2D eigenvalue weighted by atomic mass is 16.2. The van der Waals surface area contributed by atoms with Crippen LogP contribution in [-0.4, -0.2) is 33.9 Å². The van der Waals surface area contributed by atoms with Crippen LogP contribution in [0.5, 0.6) is 0 Å². The minimum atomic E-state index is 0.110. The lowest BCUT2D eigenvalue weighted by Crippen LogP contribution is -2.34. The summed E-state index contributed by atoms with van der Waals surface area (Å²) >= 11 is 0. The Morgan fingerprint density at radius 2 is 2.08 bits per heavy atom. The van der Waals surface area contributed by atoms with Gasteiger partial charge in [0.15, 0.2) is 0 Å². The van der Waals surface area contributed by atoms with E-state index in [2.05, 4.69) is 29.0 Å². The molecule has 0 atom stereocenters. The van der Waals surface area contributed by atoms with Crippen molar-refractivity contribution in [3.05, 3.63) is 71.6 Å². The first-order chi connectivity index (χ1) is 12.3. The fraction of sp³-hybridized carbons (Fsp3) is 0.238. The van der Waals surface area contributed by atoms with Crippen LogP contribution >= 0.6 is 0 Å². The van der Waals surface area contributed by atoms with Crippen molar-refractivity contribution in [1.82, 2.24) is 14.9 Å². The highest BCUT2D eigenvalue weighted by Crippen LogP contribution is 2.28. The van der Waals surface area contributed by atoms with Gasteiger partial charge in [0.1, 0.15) is 5.65 Å². The maximum Gasteiger partial charge on any atom is 0.254 e. The number of fused-ring (bicyclic) bond motifs is 1. The third-order valence-corrected chi connectivity index (χ3v) is 4.90. The summed E-state index contributed by atoms with van der Waals surface area (Å²) in [5.41, 5.74) is 5.41. The molecule has 3 heterocycles. The van der Waals surface area contributed by atoms with E-state index in [0.717, 1.165) is 36.0 Å². The third kappa shape index (κ3) is 2.95. The van der Waals surface area contributed by atoms with E-state index < -0.39 is 0 Å². The molecule has 0 aliphatic carbocycles. The van der Waals surface area contributed by atoms with Crippen molar-refractivity contribution < 1.29 is 4.79 Å². The van der Waals surface area contributed by atoms with Gasteiger partial charge in [0, 0.05) is 42.0 Å². The molecule has 4 nitrogen and oxygen atoms in total. The summed E-state index contributed by atoms with van der Waals surface area (Å²) in [5, 5.41) is 1.14. The van der Waals surface area contributed by atoms with Gasteiger partial charge in [0.25, 0.3) is 5.91 Å². The van der Waals surface area contributed by atoms with Gasteiger partial charge in [-0.15, -0.1) is 0 Å². The highest BCUT2D eigenvalue weighted by molar-refractivity contribution is 5.95. The normalized spacial score (nSPS) is 14.6. The van der Waals surface area contributed by atoms with Gasteiger partial charge in [-0.3, -0.25) is 4.79 Å². The number of aryl methyl sites for hydroxylation is 1. The zero-order chi connectivity index (χ0) is 17.2. The number of aromatic nitrogens is 2. The Hall–Kier alpha value is -2.88. The van der Waals surface area contributed by atoms with Gasteiger partial charge < -0.3 is 9.88 Å². The van der Waals surface area contributed by atoms with E-state index in [0.29, 0.717) is 6.54 Å². The molecule has 1 aliphatic heterocycles. The number of pyridine rings is 1. The van der Waals surface area contributed by atoms with Gasteiger partial charge in [0.05, 0.1) is 0 Å². The number of carbonyl (C=O) groups excluding carboxylic acids is 1. The lowest BCUT2D eigenvalue weighted by Gasteiger charge is -2.26. The Labute approximate surface area is 147 Å². The van der Waals surface area contributed by atoms with Crippen molar-refractivity contribution in [3.8, 4) is 0 Å². The molecule has 4 rings (SSSR count). The van der Waals surface area contributed by atoms with Crippen molar-refractivity contribution in [1.29, 1.82) is 0 Å². The van der Waals surface area contributed by atoms with E-state index in [-0.39, 0.29) is 5.91 Å². The fourth-order valence-electron chi connectivity index (χ4n) is 3.39. The van der Waals surface area contributed by atoms with Gasteiger partial charge in [-0.25, -0.2) is 4.98 Å². The van der Waals surface area contributed by atoms with Crippen LogP contribution in [0.1, 0.15) is 34.8 Å². The van der Waals surface area contributed by atoms with Gasteiger partial charge in [0.2, 0.25) is 0 Å². The van der Waals surface area contributed by atoms with Crippen LogP contribution in [-0.2, 0) is 6.42 Å². The molecule has 0 fully saturated rings. The number of benzene rings is 1. The predicted octanol–water partition coefficient (Wildman–Crippen LogP) is 4.05. The van der Waals surface area contributed by atoms with Crippen molar-refractivity contribution in [2.75, 3.05) is 13.1 Å². The summed E-state index contributed by atoms with van der Waals surface area (Å²) < 4.78 is 0. The van der Waals surface area contributed by atoms with Gasteiger partial charge in [-0.05, 0) is 48.2 Å². The standard InChI is InChI=1S/C21H21N3O/c1-2-15-5-7-17(8-6-15)21(25)24-12-9-16(10-13-24)19-14-23-20-18(19)4-3-11-22-20/h3-9,11,14H,2,10,12-13H2,1H3,(H,22,23). The maximum atomic E-state index is 12.7. The highest BCUT2D eigenvalue weighted by Gasteiger charge is 2.20. The first-order valence-electron chi connectivity index (χ1n) is 8.76. The molecule has 126 valence electrons. The van der Waals surface area contributed by atoms with Crippen LogP contribution in [0.4, 0.5) is 0 Å². The number of nitrogens with zero attached hydrogens (tertiary/aromatic N) is 2. The molecule has 1 N–H and O–H groups in total. The summed E-state index contributed by atoms with van der Waals surface area (Å²) in [5.74, 6) is 0.110. The van der Waals surface area contributed by atoms with Crippen molar-refractivity contribution in [2.24, 2.45) is 0 Å². The molecule has 0 spiro atoms. The maximum absolute atomic E-state index is 12.7. The molecular formula is C21H21N3O. The van der Waals surface area contributed by atoms with Gasteiger partial charge in [-0.2, -0.15) is 0 Å². The Morgan fingerprint density at radius 1 is 1.24 bits per heavy atom. The average Bonchev–Trinajstić information content (AvgIpc) is 3.12. The van der Waals surface area contributed by atoms with Crippen LogP contribution in [0.15, 0.2) is 54.9 Å². The number of H-pyrrole nitrogens is 1. The largest absolute Gasteiger partial charge is 0.346 e. The second-order valence-electron chi connectivity index (χ2n) is 6.38. The van der Waals surface area contributed by atoms with Crippen molar-refractivity contribution in [2.45, 2.75) is 19.8 Å². The van der Waals surface area contributed by atoms with E-state index in [9.17, 15) is 4.79 Å². The Morgan fingerprint density at radius 3 is 2.80 bits per heavy atom. The number of hydrogen-bond donors (Lipinski definition) is 1. The van der Waals surface area contributed by atoms with Crippen molar-refractivity contribution in [3.63, 3.8) is 0 Å². The van der Waals surface area contributed by atoms with Crippen LogP contribution < -0.4 is 0 Å². The quantitative estimate of drug-likeness (QED) is 0.787. The summed E-state index contributed by atoms with van der Waals surface area (Å²) in [7, 11) is 0. The minimum absolute atomic E-state index is 0.110. The smallest absolute Gasteiger partial charge is 0.254 e. The van der Waals surface area contributed by atoms with Gasteiger partial charge in [-0.1, -0.05) is 25.1 Å². The van der Waals surface area contributed by atoms with Crippen molar-refractivity contribution >= 4 is 22.5 Å². The monoisotopic (exact) mass is 331 g/mol. The number of nitrogens with one attached hydrogen (secondary N) is 1. The molecule has 1 amide bonds. The summed E-state index contributed by atoms with van der Waals surface area (Å²) in [6.07, 6.45) is 7.83. The predicted molar refractivity (Wildman–Crippen MR) is 100 cm³/mol. The van der Waals surface area contributed by atoms with Crippen LogP contribution in [0, 0.1) is 0 Å². The molecule has 1 aromatic carbocycles. The fourth-order valence-corrected chi connectivity index (χ4v) is 3.39. The topological polar surface area (TPSA) is 49.0 Å². The van der Waals surface area contributed by atoms with E-state index in [1.807, 2.05) is 41.4 Å². The first-order valence-corrected chi connectivity index (χ1v) is 8.76. The molecule has 3 aromatic rings. The molecule has 1 aliphatic rings. The molecule has 0 saturated heterocycles. The number of rotatable bonds is 3. The molecule has 0 radical (unpaired) electrons. The minimum Gasteiger partial charge on any atom is -0.346 e. The molecule has 0 saturated carbocycles. The molecular weight excluding hydrogens is 310 g/mol. The van der Waals surface area contributed by atoms with E-state index in [4.69, 9.17) is 0 Å². The molecule has 0 unspecified atom stereocenters. The molecule has 4 heteroatoms. The number of hydrogen-bond acceptors (Lipinski definition) is 2. The summed E-state index contributed by atoms with van der Waals surface area (Å²) in [6, 6.07) is 12.0. The SMILES string of the molecule is CCc1ccc(C(=O)N2CC=C(c3c[nH]c4ncccc34)CC2)cc1. The summed E-state index contributed by atoms with van der Waals surface area (Å²) in [6.45, 7) is 3.51. The number of aromatic amines is 1. The molecule has 2 aromatic heterocycles. The molecule has 0 bridgehead atoms. The van der Waals surface area contributed by atoms with Crippen LogP contribution in [0.3, 0.4) is 0 Å². The zero-order valence-corrected chi connectivity index (χ0v) is 14.3. The Kier molecular flexibility index (Phi) is 4.10. The van der Waals surface area contributed by atoms with E-state index in [1.54, 1.807) is 6.20 Å². The van der Waals surface area contributed by atoms with Crippen LogP contribution in [0.2, 0.25) is 0 Å². The number of amides is 1. The van der Waals surface area contributed by atoms with E-state index in [1.165, 1.54) is 16.7 Å². The Balaban J connectivity index is 1.52. The van der Waals surface area contributed by atoms with E-state index >= 15 is 0 Å². The third-order valence-electron chi connectivity index (χ3n) is 4.90. The molecule has 25 heavy (non-hydrogen) atoms. The van der Waals surface area contributed by atoms with Gasteiger partial charge >= 0.3 is 0 Å². The first kappa shape index (κ1) is 15.6. The zero-order valence-electron chi connectivity index (χ0n) is 14.3. The average molecular weight is 331 g/mol. The lowest BCUT2D eigenvalue weighted by atomic mass is 9.99. The Bertz CT molecular complexity index is 937. The van der Waals surface area contributed by atoms with Crippen LogP contribution in [0.25, 0.3) is 16.6 Å². The second-order valence-corrected chi connectivity index (χ2v) is 6.38. The number of carbonyl (C=O) groups is 1.